The van der Waals surface area contributed by atoms with E-state index in [4.69, 9.17) is 5.11 Å². The maximum Gasteiger partial charge on any atom is 0.317 e. The van der Waals surface area contributed by atoms with Crippen molar-refractivity contribution in [2.45, 2.75) is 17.7 Å². The monoisotopic (exact) mass is 355 g/mol. The van der Waals surface area contributed by atoms with Crippen molar-refractivity contribution in [3.63, 3.8) is 0 Å². The van der Waals surface area contributed by atoms with Crippen LogP contribution >= 0.6 is 0 Å². The molecular weight excluding hydrogens is 334 g/mol. The zero-order valence-corrected chi connectivity index (χ0v) is 14.0. The molecule has 2 rings (SSSR count). The van der Waals surface area contributed by atoms with Crippen molar-refractivity contribution in [1.82, 2.24) is 14.5 Å². The Kier molecular flexibility index (Phi) is 6.16. The number of urea groups is 1. The van der Waals surface area contributed by atoms with E-state index < -0.39 is 16.0 Å². The first-order chi connectivity index (χ1) is 11.4. The number of nitrogens with one attached hydrogen (secondary N) is 1. The summed E-state index contributed by atoms with van der Waals surface area (Å²) in [6.07, 6.45) is 0.381. The zero-order valence-electron chi connectivity index (χ0n) is 13.2. The smallest absolute Gasteiger partial charge is 0.317 e. The zero-order chi connectivity index (χ0) is 17.6. The number of carboxylic acids is 1. The highest BCUT2D eigenvalue weighted by Gasteiger charge is 2.27. The fraction of sp³-hybridized carbons (Fsp3) is 0.467. The third kappa shape index (κ3) is 4.68. The van der Waals surface area contributed by atoms with Crippen molar-refractivity contribution in [2.75, 3.05) is 32.7 Å². The summed E-state index contributed by atoms with van der Waals surface area (Å²) in [7, 11) is -3.57. The lowest BCUT2D eigenvalue weighted by atomic mass is 10.4. The predicted octanol–water partition coefficient (Wildman–Crippen LogP) is 0.567. The Morgan fingerprint density at radius 1 is 1.08 bits per heavy atom. The highest BCUT2D eigenvalue weighted by atomic mass is 32.2. The second-order valence-electron chi connectivity index (χ2n) is 5.43. The number of aliphatic carboxylic acids is 1. The minimum Gasteiger partial charge on any atom is -0.481 e. The summed E-state index contributed by atoms with van der Waals surface area (Å²) in [6, 6.07) is 7.84. The van der Waals surface area contributed by atoms with E-state index in [1.807, 2.05) is 0 Å². The largest absolute Gasteiger partial charge is 0.481 e. The van der Waals surface area contributed by atoms with Gasteiger partial charge in [-0.15, -0.1) is 0 Å². The molecule has 0 unspecified atom stereocenters. The minimum atomic E-state index is -3.57. The number of benzene rings is 1. The number of carboxylic acid groups (broad SMARTS) is 1. The molecule has 1 aromatic carbocycles. The molecule has 1 saturated heterocycles. The van der Waals surface area contributed by atoms with Crippen molar-refractivity contribution in [3.05, 3.63) is 30.3 Å². The normalized spacial score (nSPS) is 16.4. The molecule has 9 heteroatoms. The van der Waals surface area contributed by atoms with Gasteiger partial charge in [0.15, 0.2) is 0 Å². The average molecular weight is 355 g/mol. The Morgan fingerprint density at radius 3 is 2.46 bits per heavy atom. The van der Waals surface area contributed by atoms with E-state index in [-0.39, 0.29) is 37.0 Å². The first-order valence-corrected chi connectivity index (χ1v) is 9.15. The van der Waals surface area contributed by atoms with Crippen LogP contribution in [-0.2, 0) is 14.8 Å². The lowest BCUT2D eigenvalue weighted by Crippen LogP contribution is -2.43. The Balaban J connectivity index is 1.95. The number of carbonyl (C=O) groups excluding carboxylic acids is 1. The quantitative estimate of drug-likeness (QED) is 0.803. The molecule has 1 heterocycles. The van der Waals surface area contributed by atoms with Crippen LogP contribution in [0.1, 0.15) is 12.8 Å². The molecule has 2 amide bonds. The molecule has 132 valence electrons. The summed E-state index contributed by atoms with van der Waals surface area (Å²) in [4.78, 5) is 24.2. The van der Waals surface area contributed by atoms with Crippen molar-refractivity contribution in [3.8, 4) is 0 Å². The maximum atomic E-state index is 12.6. The summed E-state index contributed by atoms with van der Waals surface area (Å²) < 4.78 is 26.6. The number of carbonyl (C=O) groups is 2. The molecule has 0 aromatic heterocycles. The van der Waals surface area contributed by atoms with Crippen LogP contribution in [0.25, 0.3) is 0 Å². The molecule has 1 aliphatic rings. The molecule has 0 saturated carbocycles. The number of nitrogens with zero attached hydrogens (tertiary/aromatic N) is 2. The van der Waals surface area contributed by atoms with Crippen molar-refractivity contribution in [2.24, 2.45) is 0 Å². The van der Waals surface area contributed by atoms with Gasteiger partial charge in [-0.05, 0) is 18.6 Å². The molecule has 0 bridgehead atoms. The van der Waals surface area contributed by atoms with Crippen LogP contribution in [0.2, 0.25) is 0 Å². The molecule has 8 nitrogen and oxygen atoms in total. The van der Waals surface area contributed by atoms with Gasteiger partial charge in [-0.2, -0.15) is 4.31 Å². The van der Waals surface area contributed by atoms with E-state index in [1.54, 1.807) is 30.3 Å². The van der Waals surface area contributed by atoms with Crippen LogP contribution in [-0.4, -0.2) is 67.5 Å². The van der Waals surface area contributed by atoms with Crippen molar-refractivity contribution in [1.29, 1.82) is 0 Å². The Labute approximate surface area is 141 Å². The van der Waals surface area contributed by atoms with Gasteiger partial charge in [-0.1, -0.05) is 18.2 Å². The summed E-state index contributed by atoms with van der Waals surface area (Å²) >= 11 is 0. The molecule has 0 aliphatic carbocycles. The maximum absolute atomic E-state index is 12.6. The second kappa shape index (κ2) is 8.11. The molecular formula is C15H21N3O5S. The predicted molar refractivity (Wildman–Crippen MR) is 87.0 cm³/mol. The first-order valence-electron chi connectivity index (χ1n) is 7.71. The van der Waals surface area contributed by atoms with E-state index in [0.29, 0.717) is 19.5 Å². The van der Waals surface area contributed by atoms with E-state index >= 15 is 0 Å². The molecule has 1 fully saturated rings. The van der Waals surface area contributed by atoms with Gasteiger partial charge in [-0.3, -0.25) is 4.79 Å². The van der Waals surface area contributed by atoms with Crippen molar-refractivity contribution >= 4 is 22.0 Å². The van der Waals surface area contributed by atoms with Gasteiger partial charge in [0.2, 0.25) is 10.0 Å². The summed E-state index contributed by atoms with van der Waals surface area (Å²) in [5.74, 6) is -0.980. The summed E-state index contributed by atoms with van der Waals surface area (Å²) in [5, 5.41) is 11.1. The summed E-state index contributed by atoms with van der Waals surface area (Å²) in [6.45, 7) is 1.31. The van der Waals surface area contributed by atoms with Crippen molar-refractivity contribution < 1.29 is 23.1 Å². The standard InChI is InChI=1S/C15H21N3O5S/c19-14(20)7-8-16-15(21)17-9-4-10-18(12-11-17)24(22,23)13-5-2-1-3-6-13/h1-3,5-6H,4,7-12H2,(H,16,21)(H,19,20). The third-order valence-corrected chi connectivity index (χ3v) is 5.65. The highest BCUT2D eigenvalue weighted by Crippen LogP contribution is 2.17. The molecule has 0 atom stereocenters. The SMILES string of the molecule is O=C(O)CCNC(=O)N1CCCN(S(=O)(=O)c2ccccc2)CC1. The molecule has 1 aromatic rings. The Hall–Kier alpha value is -2.13. The van der Waals surface area contributed by atoms with E-state index in [1.165, 1.54) is 9.21 Å². The Morgan fingerprint density at radius 2 is 1.79 bits per heavy atom. The molecule has 0 radical (unpaired) electrons. The van der Waals surface area contributed by atoms with Crippen LogP contribution < -0.4 is 5.32 Å². The van der Waals surface area contributed by atoms with E-state index in [9.17, 15) is 18.0 Å². The fourth-order valence-corrected chi connectivity index (χ4v) is 3.96. The summed E-state index contributed by atoms with van der Waals surface area (Å²) in [5.41, 5.74) is 0. The average Bonchev–Trinajstić information content (AvgIpc) is 2.82. The van der Waals surface area contributed by atoms with E-state index in [2.05, 4.69) is 5.32 Å². The van der Waals surface area contributed by atoms with Crippen LogP contribution in [0.15, 0.2) is 35.2 Å². The number of rotatable bonds is 5. The molecule has 24 heavy (non-hydrogen) atoms. The molecule has 0 spiro atoms. The third-order valence-electron chi connectivity index (χ3n) is 3.74. The minimum absolute atomic E-state index is 0.0523. The van der Waals surface area contributed by atoms with Gasteiger partial charge in [0.25, 0.3) is 0 Å². The highest BCUT2D eigenvalue weighted by molar-refractivity contribution is 7.89. The van der Waals surface area contributed by atoms with Gasteiger partial charge >= 0.3 is 12.0 Å². The van der Waals surface area contributed by atoms with Crippen LogP contribution in [0.4, 0.5) is 4.79 Å². The van der Waals surface area contributed by atoms with Gasteiger partial charge in [0.1, 0.15) is 0 Å². The fourth-order valence-electron chi connectivity index (χ4n) is 2.47. The van der Waals surface area contributed by atoms with E-state index in [0.717, 1.165) is 0 Å². The number of hydrogen-bond donors (Lipinski definition) is 2. The second-order valence-corrected chi connectivity index (χ2v) is 7.37. The lowest BCUT2D eigenvalue weighted by molar-refractivity contribution is -0.136. The topological polar surface area (TPSA) is 107 Å². The first kappa shape index (κ1) is 18.2. The van der Waals surface area contributed by atoms with Gasteiger partial charge in [-0.25, -0.2) is 13.2 Å². The van der Waals surface area contributed by atoms with Crippen LogP contribution in [0.3, 0.4) is 0 Å². The number of amides is 2. The molecule has 1 aliphatic heterocycles. The lowest BCUT2D eigenvalue weighted by Gasteiger charge is -2.22. The van der Waals surface area contributed by atoms with Gasteiger partial charge in [0.05, 0.1) is 11.3 Å². The molecule has 2 N–H and O–H groups in total. The van der Waals surface area contributed by atoms with Crippen LogP contribution in [0, 0.1) is 0 Å². The number of hydrogen-bond acceptors (Lipinski definition) is 4. The van der Waals surface area contributed by atoms with Crippen LogP contribution in [0.5, 0.6) is 0 Å². The Bertz CT molecular complexity index is 678. The number of sulfonamides is 1. The van der Waals surface area contributed by atoms with Gasteiger partial charge < -0.3 is 15.3 Å². The van der Waals surface area contributed by atoms with Gasteiger partial charge in [0, 0.05) is 32.7 Å².